The van der Waals surface area contributed by atoms with E-state index in [0.29, 0.717) is 0 Å². The van der Waals surface area contributed by atoms with Crippen molar-refractivity contribution in [2.24, 2.45) is 5.92 Å². The summed E-state index contributed by atoms with van der Waals surface area (Å²) in [5.41, 5.74) is 2.81. The van der Waals surface area contributed by atoms with Crippen LogP contribution in [0.2, 0.25) is 0 Å². The predicted molar refractivity (Wildman–Crippen MR) is 123 cm³/mol. The van der Waals surface area contributed by atoms with Crippen molar-refractivity contribution in [1.29, 1.82) is 0 Å². The molecule has 2 aromatic carbocycles. The van der Waals surface area contributed by atoms with Crippen LogP contribution in [0.1, 0.15) is 12.8 Å². The standard InChI is InChI=1S/C23H25FN4O2S/c24-17-1-6-20-21(15-17)31-23(26-20)28-9-7-16(8-10-28)22(29)25-18-2-4-19(5-3-18)27-11-13-30-14-12-27/h1-6,15-16H,7-14H2,(H,25,29). The van der Waals surface area contributed by atoms with Crippen molar-refractivity contribution in [3.05, 3.63) is 48.3 Å². The number of halogens is 1. The molecule has 1 amide bonds. The third kappa shape index (κ3) is 4.50. The zero-order chi connectivity index (χ0) is 21.2. The van der Waals surface area contributed by atoms with E-state index in [1.165, 1.54) is 23.5 Å². The summed E-state index contributed by atoms with van der Waals surface area (Å²) in [7, 11) is 0. The molecule has 2 aliphatic rings. The number of carbonyl (C=O) groups excluding carboxylic acids is 1. The first kappa shape index (κ1) is 20.2. The molecule has 5 rings (SSSR count). The number of thiazole rings is 1. The molecule has 0 spiro atoms. The van der Waals surface area contributed by atoms with Gasteiger partial charge in [0.2, 0.25) is 5.91 Å². The van der Waals surface area contributed by atoms with Crippen LogP contribution >= 0.6 is 11.3 Å². The van der Waals surface area contributed by atoms with E-state index in [1.54, 1.807) is 6.07 Å². The van der Waals surface area contributed by atoms with Crippen LogP contribution in [0.3, 0.4) is 0 Å². The smallest absolute Gasteiger partial charge is 0.227 e. The first-order valence-corrected chi connectivity index (χ1v) is 11.5. The molecule has 0 radical (unpaired) electrons. The Hall–Kier alpha value is -2.71. The van der Waals surface area contributed by atoms with E-state index in [4.69, 9.17) is 4.74 Å². The van der Waals surface area contributed by atoms with Crippen molar-refractivity contribution >= 4 is 44.0 Å². The number of aromatic nitrogens is 1. The Morgan fingerprint density at radius 1 is 1.03 bits per heavy atom. The lowest BCUT2D eigenvalue weighted by Gasteiger charge is -2.31. The molecule has 31 heavy (non-hydrogen) atoms. The highest BCUT2D eigenvalue weighted by molar-refractivity contribution is 7.22. The average Bonchev–Trinajstić information content (AvgIpc) is 3.23. The van der Waals surface area contributed by atoms with Gasteiger partial charge in [-0.05, 0) is 55.3 Å². The summed E-state index contributed by atoms with van der Waals surface area (Å²) >= 11 is 1.51. The summed E-state index contributed by atoms with van der Waals surface area (Å²) in [5.74, 6) is -0.178. The Bertz CT molecular complexity index is 1060. The first-order valence-electron chi connectivity index (χ1n) is 10.7. The highest BCUT2D eigenvalue weighted by atomic mass is 32.1. The monoisotopic (exact) mass is 440 g/mol. The van der Waals surface area contributed by atoms with Gasteiger partial charge in [-0.15, -0.1) is 0 Å². The van der Waals surface area contributed by atoms with Crippen molar-refractivity contribution in [3.63, 3.8) is 0 Å². The molecule has 0 atom stereocenters. The highest BCUT2D eigenvalue weighted by Crippen LogP contribution is 2.32. The van der Waals surface area contributed by atoms with Crippen LogP contribution < -0.4 is 15.1 Å². The number of ether oxygens (including phenoxy) is 1. The second-order valence-electron chi connectivity index (χ2n) is 8.01. The van der Waals surface area contributed by atoms with E-state index < -0.39 is 0 Å². The average molecular weight is 441 g/mol. The summed E-state index contributed by atoms with van der Waals surface area (Å²) in [5, 5.41) is 3.97. The second kappa shape index (κ2) is 8.80. The molecule has 3 heterocycles. The number of piperidine rings is 1. The number of amides is 1. The maximum atomic E-state index is 13.4. The van der Waals surface area contributed by atoms with Crippen LogP contribution in [-0.4, -0.2) is 50.3 Å². The van der Waals surface area contributed by atoms with Crippen LogP contribution in [-0.2, 0) is 9.53 Å². The van der Waals surface area contributed by atoms with Gasteiger partial charge in [0.05, 0.1) is 23.4 Å². The third-order valence-corrected chi connectivity index (χ3v) is 7.07. The molecule has 0 bridgehead atoms. The molecule has 2 aliphatic heterocycles. The topological polar surface area (TPSA) is 57.7 Å². The summed E-state index contributed by atoms with van der Waals surface area (Å²) in [6.45, 7) is 4.85. The van der Waals surface area contributed by atoms with E-state index >= 15 is 0 Å². The molecule has 0 saturated carbocycles. The Morgan fingerprint density at radius 3 is 2.52 bits per heavy atom. The fraction of sp³-hybridized carbons (Fsp3) is 0.391. The number of morpholine rings is 1. The van der Waals surface area contributed by atoms with Gasteiger partial charge < -0.3 is 19.9 Å². The molecule has 1 N–H and O–H groups in total. The molecule has 0 aliphatic carbocycles. The normalized spacial score (nSPS) is 17.8. The number of hydrogen-bond donors (Lipinski definition) is 1. The van der Waals surface area contributed by atoms with E-state index in [9.17, 15) is 9.18 Å². The Labute approximate surface area is 184 Å². The number of hydrogen-bond acceptors (Lipinski definition) is 6. The van der Waals surface area contributed by atoms with Gasteiger partial charge in [0.25, 0.3) is 0 Å². The van der Waals surface area contributed by atoms with Gasteiger partial charge in [-0.1, -0.05) is 11.3 Å². The van der Waals surface area contributed by atoms with Gasteiger partial charge in [-0.3, -0.25) is 4.79 Å². The number of fused-ring (bicyclic) bond motifs is 1. The minimum Gasteiger partial charge on any atom is -0.378 e. The lowest BCUT2D eigenvalue weighted by molar-refractivity contribution is -0.120. The number of rotatable bonds is 4. The Balaban J connectivity index is 1.16. The predicted octanol–water partition coefficient (Wildman–Crippen LogP) is 4.13. The van der Waals surface area contributed by atoms with Gasteiger partial charge in [-0.2, -0.15) is 0 Å². The third-order valence-electron chi connectivity index (χ3n) is 5.99. The molecule has 162 valence electrons. The molecule has 1 aromatic heterocycles. The second-order valence-corrected chi connectivity index (χ2v) is 9.01. The quantitative estimate of drug-likeness (QED) is 0.661. The lowest BCUT2D eigenvalue weighted by Crippen LogP contribution is -2.38. The molecule has 2 saturated heterocycles. The molecule has 8 heteroatoms. The van der Waals surface area contributed by atoms with Crippen LogP contribution in [0, 0.1) is 11.7 Å². The van der Waals surface area contributed by atoms with Gasteiger partial charge >= 0.3 is 0 Å². The highest BCUT2D eigenvalue weighted by Gasteiger charge is 2.26. The van der Waals surface area contributed by atoms with Crippen LogP contribution in [0.4, 0.5) is 20.9 Å². The number of benzene rings is 2. The van der Waals surface area contributed by atoms with Crippen molar-refractivity contribution in [3.8, 4) is 0 Å². The van der Waals surface area contributed by atoms with Crippen LogP contribution in [0.25, 0.3) is 10.2 Å². The molecule has 2 fully saturated rings. The van der Waals surface area contributed by atoms with Crippen molar-refractivity contribution in [2.75, 3.05) is 54.5 Å². The van der Waals surface area contributed by atoms with Crippen molar-refractivity contribution in [2.45, 2.75) is 12.8 Å². The zero-order valence-corrected chi connectivity index (χ0v) is 18.0. The minimum absolute atomic E-state index is 0.0120. The number of carbonyl (C=O) groups is 1. The van der Waals surface area contributed by atoms with E-state index in [0.717, 1.165) is 79.0 Å². The largest absolute Gasteiger partial charge is 0.378 e. The number of anilines is 3. The van der Waals surface area contributed by atoms with Crippen molar-refractivity contribution < 1.29 is 13.9 Å². The molecular formula is C23H25FN4O2S. The van der Waals surface area contributed by atoms with Gasteiger partial charge in [0.1, 0.15) is 5.82 Å². The van der Waals surface area contributed by atoms with E-state index in [-0.39, 0.29) is 17.6 Å². The van der Waals surface area contributed by atoms with E-state index in [2.05, 4.69) is 32.2 Å². The van der Waals surface area contributed by atoms with Crippen molar-refractivity contribution in [1.82, 2.24) is 4.98 Å². The Morgan fingerprint density at radius 2 is 1.77 bits per heavy atom. The summed E-state index contributed by atoms with van der Waals surface area (Å²) in [6, 6.07) is 12.7. The van der Waals surface area contributed by atoms with Gasteiger partial charge in [0, 0.05) is 43.5 Å². The number of nitrogens with one attached hydrogen (secondary N) is 1. The molecule has 0 unspecified atom stereocenters. The van der Waals surface area contributed by atoms with Crippen LogP contribution in [0.15, 0.2) is 42.5 Å². The Kier molecular flexibility index (Phi) is 5.74. The fourth-order valence-corrected chi connectivity index (χ4v) is 5.22. The lowest BCUT2D eigenvalue weighted by atomic mass is 9.96. The number of nitrogens with zero attached hydrogens (tertiary/aromatic N) is 3. The molecule has 3 aromatic rings. The zero-order valence-electron chi connectivity index (χ0n) is 17.2. The summed E-state index contributed by atoms with van der Waals surface area (Å²) in [4.78, 5) is 21.9. The van der Waals surface area contributed by atoms with Gasteiger partial charge in [-0.25, -0.2) is 9.37 Å². The van der Waals surface area contributed by atoms with Gasteiger partial charge in [0.15, 0.2) is 5.13 Å². The van der Waals surface area contributed by atoms with Crippen LogP contribution in [0.5, 0.6) is 0 Å². The summed E-state index contributed by atoms with van der Waals surface area (Å²) < 4.78 is 19.7. The first-order chi connectivity index (χ1) is 15.2. The molecule has 6 nitrogen and oxygen atoms in total. The molecular weight excluding hydrogens is 415 g/mol. The SMILES string of the molecule is O=C(Nc1ccc(N2CCOCC2)cc1)C1CCN(c2nc3ccc(F)cc3s2)CC1. The maximum Gasteiger partial charge on any atom is 0.227 e. The summed E-state index contributed by atoms with van der Waals surface area (Å²) in [6.07, 6.45) is 1.56. The van der Waals surface area contributed by atoms with E-state index in [1.807, 2.05) is 12.1 Å². The maximum absolute atomic E-state index is 13.4. The minimum atomic E-state index is -0.240. The fourth-order valence-electron chi connectivity index (χ4n) is 4.18.